The first-order valence-corrected chi connectivity index (χ1v) is 4.35. The van der Waals surface area contributed by atoms with Crippen molar-refractivity contribution < 1.29 is 9.94 Å². The number of methoxy groups -OCH3 is 1. The number of hydrogen-bond acceptors (Lipinski definition) is 3. The molecule has 0 heterocycles. The van der Waals surface area contributed by atoms with E-state index in [0.717, 1.165) is 5.56 Å². The van der Waals surface area contributed by atoms with Crippen molar-refractivity contribution in [3.63, 3.8) is 0 Å². The van der Waals surface area contributed by atoms with Crippen molar-refractivity contribution in [1.82, 2.24) is 5.48 Å². The Labute approximate surface area is 86.9 Å². The van der Waals surface area contributed by atoms with Crippen molar-refractivity contribution in [3.05, 3.63) is 28.8 Å². The third kappa shape index (κ3) is 2.61. The van der Waals surface area contributed by atoms with Crippen molar-refractivity contribution >= 4 is 17.4 Å². The molecule has 0 aliphatic rings. The first-order chi connectivity index (χ1) is 6.67. The molecular formula is C9H11ClN2O2. The van der Waals surface area contributed by atoms with Crippen LogP contribution in [-0.2, 0) is 6.42 Å². The van der Waals surface area contributed by atoms with E-state index < -0.39 is 0 Å². The van der Waals surface area contributed by atoms with E-state index in [4.69, 9.17) is 27.0 Å². The van der Waals surface area contributed by atoms with Crippen LogP contribution in [0.2, 0.25) is 5.02 Å². The minimum absolute atomic E-state index is 0.0197. The van der Waals surface area contributed by atoms with Gasteiger partial charge >= 0.3 is 0 Å². The van der Waals surface area contributed by atoms with E-state index >= 15 is 0 Å². The molecule has 0 spiro atoms. The van der Waals surface area contributed by atoms with Gasteiger partial charge in [0.25, 0.3) is 0 Å². The second kappa shape index (κ2) is 4.83. The predicted molar refractivity (Wildman–Crippen MR) is 54.4 cm³/mol. The maximum absolute atomic E-state index is 8.43. The summed E-state index contributed by atoms with van der Waals surface area (Å²) in [6.07, 6.45) is 0.306. The third-order valence-corrected chi connectivity index (χ3v) is 2.03. The van der Waals surface area contributed by atoms with Crippen LogP contribution in [0.25, 0.3) is 0 Å². The SMILES string of the molecule is COc1ccc(CC(=N)NO)cc1Cl. The molecule has 1 aromatic carbocycles. The number of amidine groups is 1. The summed E-state index contributed by atoms with van der Waals surface area (Å²) in [5.41, 5.74) is 2.61. The van der Waals surface area contributed by atoms with E-state index in [2.05, 4.69) is 0 Å². The Morgan fingerprint density at radius 3 is 2.86 bits per heavy atom. The van der Waals surface area contributed by atoms with Crippen LogP contribution >= 0.6 is 11.6 Å². The minimum Gasteiger partial charge on any atom is -0.495 e. The monoisotopic (exact) mass is 214 g/mol. The van der Waals surface area contributed by atoms with Gasteiger partial charge in [0.2, 0.25) is 0 Å². The average Bonchev–Trinajstić information content (AvgIpc) is 2.18. The fourth-order valence-electron chi connectivity index (χ4n) is 1.06. The van der Waals surface area contributed by atoms with Crippen LogP contribution in [0.4, 0.5) is 0 Å². The van der Waals surface area contributed by atoms with Gasteiger partial charge in [0, 0.05) is 6.42 Å². The number of rotatable bonds is 3. The Morgan fingerprint density at radius 1 is 1.64 bits per heavy atom. The van der Waals surface area contributed by atoms with Crippen LogP contribution in [0.1, 0.15) is 5.56 Å². The number of benzene rings is 1. The molecule has 0 amide bonds. The fourth-order valence-corrected chi connectivity index (χ4v) is 1.34. The summed E-state index contributed by atoms with van der Waals surface area (Å²) in [5.74, 6) is 0.616. The molecule has 0 bridgehead atoms. The highest BCUT2D eigenvalue weighted by atomic mass is 35.5. The van der Waals surface area contributed by atoms with Crippen molar-refractivity contribution in [1.29, 1.82) is 5.41 Å². The molecule has 0 aromatic heterocycles. The van der Waals surface area contributed by atoms with Gasteiger partial charge in [-0.15, -0.1) is 0 Å². The number of halogens is 1. The Morgan fingerprint density at radius 2 is 2.36 bits per heavy atom. The van der Waals surface area contributed by atoms with E-state index in [1.807, 2.05) is 0 Å². The van der Waals surface area contributed by atoms with Crippen LogP contribution < -0.4 is 10.2 Å². The highest BCUT2D eigenvalue weighted by Gasteiger charge is 2.03. The number of nitrogens with one attached hydrogen (secondary N) is 2. The first-order valence-electron chi connectivity index (χ1n) is 3.97. The molecule has 14 heavy (non-hydrogen) atoms. The zero-order chi connectivity index (χ0) is 10.6. The summed E-state index contributed by atoms with van der Waals surface area (Å²) in [4.78, 5) is 0. The van der Waals surface area contributed by atoms with Crippen molar-refractivity contribution in [3.8, 4) is 5.75 Å². The summed E-state index contributed by atoms with van der Waals surface area (Å²) >= 11 is 5.88. The molecule has 0 aliphatic carbocycles. The summed E-state index contributed by atoms with van der Waals surface area (Å²) < 4.78 is 4.98. The predicted octanol–water partition coefficient (Wildman–Crippen LogP) is 1.85. The molecule has 4 nitrogen and oxygen atoms in total. The van der Waals surface area contributed by atoms with Gasteiger partial charge in [-0.05, 0) is 17.7 Å². The standard InChI is InChI=1S/C9H11ClN2O2/c1-14-8-3-2-6(4-7(8)10)5-9(11)12-13/h2-4,13H,5H2,1H3,(H2,11,12). The number of hydrogen-bond donors (Lipinski definition) is 3. The maximum atomic E-state index is 8.43. The smallest absolute Gasteiger partial charge is 0.137 e. The van der Waals surface area contributed by atoms with Gasteiger partial charge in [-0.3, -0.25) is 16.1 Å². The largest absolute Gasteiger partial charge is 0.495 e. The van der Waals surface area contributed by atoms with E-state index in [0.29, 0.717) is 17.2 Å². The molecule has 1 rings (SSSR count). The molecule has 0 aliphatic heterocycles. The summed E-state index contributed by atoms with van der Waals surface area (Å²) in [6.45, 7) is 0. The molecule has 76 valence electrons. The number of hydroxylamine groups is 1. The lowest BCUT2D eigenvalue weighted by molar-refractivity contribution is 0.231. The quantitative estimate of drug-likeness (QED) is 0.409. The lowest BCUT2D eigenvalue weighted by atomic mass is 10.1. The van der Waals surface area contributed by atoms with Gasteiger partial charge in [-0.2, -0.15) is 0 Å². The van der Waals surface area contributed by atoms with Crippen LogP contribution in [0.5, 0.6) is 5.75 Å². The van der Waals surface area contributed by atoms with Crippen LogP contribution in [0.3, 0.4) is 0 Å². The summed E-state index contributed by atoms with van der Waals surface area (Å²) in [5, 5.41) is 16.1. The zero-order valence-electron chi connectivity index (χ0n) is 7.67. The molecule has 0 saturated heterocycles. The second-order valence-corrected chi connectivity index (χ2v) is 3.14. The lowest BCUT2D eigenvalue weighted by Crippen LogP contribution is -2.19. The van der Waals surface area contributed by atoms with Gasteiger partial charge in [-0.25, -0.2) is 0 Å². The molecule has 3 N–H and O–H groups in total. The highest BCUT2D eigenvalue weighted by molar-refractivity contribution is 6.32. The Hall–Kier alpha value is -1.26. The first kappa shape index (κ1) is 10.8. The summed E-state index contributed by atoms with van der Waals surface area (Å²) in [6, 6.07) is 5.21. The molecule has 0 radical (unpaired) electrons. The normalized spacial score (nSPS) is 9.64. The molecule has 0 atom stereocenters. The molecule has 0 saturated carbocycles. The van der Waals surface area contributed by atoms with E-state index in [1.165, 1.54) is 7.11 Å². The topological polar surface area (TPSA) is 65.3 Å². The van der Waals surface area contributed by atoms with E-state index in [1.54, 1.807) is 23.7 Å². The fraction of sp³-hybridized carbons (Fsp3) is 0.222. The summed E-state index contributed by atoms with van der Waals surface area (Å²) in [7, 11) is 1.54. The maximum Gasteiger partial charge on any atom is 0.137 e. The van der Waals surface area contributed by atoms with Gasteiger partial charge in [0.1, 0.15) is 11.6 Å². The van der Waals surface area contributed by atoms with Crippen molar-refractivity contribution in [2.75, 3.05) is 7.11 Å². The Kier molecular flexibility index (Phi) is 3.73. The van der Waals surface area contributed by atoms with Gasteiger partial charge in [0.05, 0.1) is 12.1 Å². The minimum atomic E-state index is 0.0197. The van der Waals surface area contributed by atoms with Crippen LogP contribution in [0, 0.1) is 5.41 Å². The van der Waals surface area contributed by atoms with Gasteiger partial charge < -0.3 is 4.74 Å². The highest BCUT2D eigenvalue weighted by Crippen LogP contribution is 2.24. The second-order valence-electron chi connectivity index (χ2n) is 2.74. The van der Waals surface area contributed by atoms with Crippen LogP contribution in [-0.4, -0.2) is 18.2 Å². The zero-order valence-corrected chi connectivity index (χ0v) is 8.43. The molecule has 1 aromatic rings. The molecular weight excluding hydrogens is 204 g/mol. The average molecular weight is 215 g/mol. The Bertz CT molecular complexity index is 342. The molecule has 0 fully saturated rings. The van der Waals surface area contributed by atoms with E-state index in [9.17, 15) is 0 Å². The molecule has 0 unspecified atom stereocenters. The van der Waals surface area contributed by atoms with E-state index in [-0.39, 0.29) is 5.84 Å². The Balaban J connectivity index is 2.81. The van der Waals surface area contributed by atoms with Gasteiger partial charge in [-0.1, -0.05) is 17.7 Å². The van der Waals surface area contributed by atoms with Crippen LogP contribution in [0.15, 0.2) is 18.2 Å². The van der Waals surface area contributed by atoms with Crippen molar-refractivity contribution in [2.24, 2.45) is 0 Å². The van der Waals surface area contributed by atoms with Crippen molar-refractivity contribution in [2.45, 2.75) is 6.42 Å². The lowest BCUT2D eigenvalue weighted by Gasteiger charge is -2.06. The van der Waals surface area contributed by atoms with Gasteiger partial charge in [0.15, 0.2) is 0 Å². The number of ether oxygens (including phenoxy) is 1. The molecule has 5 heteroatoms. The third-order valence-electron chi connectivity index (χ3n) is 1.73.